The maximum Gasteiger partial charge on any atom is 0.228 e. The Bertz CT molecular complexity index is 725. The molecule has 1 aliphatic heterocycles. The van der Waals surface area contributed by atoms with Gasteiger partial charge in [-0.1, -0.05) is 28.1 Å². The second-order valence-electron chi connectivity index (χ2n) is 4.90. The highest BCUT2D eigenvalue weighted by atomic mass is 79.9. The summed E-state index contributed by atoms with van der Waals surface area (Å²) in [7, 11) is 0. The van der Waals surface area contributed by atoms with Gasteiger partial charge in [0.05, 0.1) is 12.5 Å². The Morgan fingerprint density at radius 2 is 1.86 bits per heavy atom. The molecule has 3 N–H and O–H groups in total. The minimum absolute atomic E-state index is 0.100. The Balaban J connectivity index is 2.02. The lowest BCUT2D eigenvalue weighted by atomic mass is 9.96. The summed E-state index contributed by atoms with van der Waals surface area (Å²) in [5.41, 5.74) is 7.87. The summed E-state index contributed by atoms with van der Waals surface area (Å²) in [6.45, 7) is 0. The predicted octanol–water partition coefficient (Wildman–Crippen LogP) is 3.27. The summed E-state index contributed by atoms with van der Waals surface area (Å²) in [5, 5.41) is 2.70. The van der Waals surface area contributed by atoms with Crippen LogP contribution in [0.25, 0.3) is 0 Å². The molecule has 3 rings (SSSR count). The number of benzene rings is 2. The third kappa shape index (κ3) is 2.56. The zero-order valence-electron chi connectivity index (χ0n) is 10.8. The van der Waals surface area contributed by atoms with E-state index >= 15 is 0 Å². The van der Waals surface area contributed by atoms with Crippen molar-refractivity contribution in [1.82, 2.24) is 0 Å². The van der Waals surface area contributed by atoms with Gasteiger partial charge in [-0.3, -0.25) is 4.79 Å². The largest absolute Gasteiger partial charge is 0.326 e. The van der Waals surface area contributed by atoms with E-state index in [0.717, 1.165) is 5.56 Å². The fraction of sp³-hybridized carbons (Fsp3) is 0.133. The number of halogens is 3. The molecule has 1 atom stereocenters. The Labute approximate surface area is 128 Å². The first-order valence-corrected chi connectivity index (χ1v) is 7.07. The molecule has 108 valence electrons. The van der Waals surface area contributed by atoms with E-state index in [1.165, 1.54) is 12.1 Å². The normalized spacial score (nSPS) is 14.8. The third-order valence-corrected chi connectivity index (χ3v) is 3.93. The first-order chi connectivity index (χ1) is 9.95. The van der Waals surface area contributed by atoms with Gasteiger partial charge in [-0.05, 0) is 29.3 Å². The molecule has 0 bridgehead atoms. The molecule has 2 aromatic carbocycles. The highest BCUT2D eigenvalue weighted by Crippen LogP contribution is 2.31. The summed E-state index contributed by atoms with van der Waals surface area (Å²) in [6.07, 6.45) is 0.251. The SMILES string of the molecule is NC(c1ccc2c(c1)CC(=O)N2)c1c(F)cc(Br)cc1F. The molecule has 21 heavy (non-hydrogen) atoms. The van der Waals surface area contributed by atoms with Crippen LogP contribution >= 0.6 is 15.9 Å². The number of amides is 1. The van der Waals surface area contributed by atoms with E-state index in [1.54, 1.807) is 18.2 Å². The minimum atomic E-state index is -0.931. The summed E-state index contributed by atoms with van der Waals surface area (Å²) in [5.74, 6) is -1.51. The molecule has 6 heteroatoms. The van der Waals surface area contributed by atoms with Crippen molar-refractivity contribution in [3.05, 3.63) is 63.1 Å². The Morgan fingerprint density at radius 3 is 2.52 bits per heavy atom. The van der Waals surface area contributed by atoms with E-state index in [1.807, 2.05) is 0 Å². The summed E-state index contributed by atoms with van der Waals surface area (Å²) in [6, 6.07) is 6.49. The van der Waals surface area contributed by atoms with Gasteiger partial charge in [0, 0.05) is 15.7 Å². The van der Waals surface area contributed by atoms with Crippen LogP contribution < -0.4 is 11.1 Å². The minimum Gasteiger partial charge on any atom is -0.326 e. The van der Waals surface area contributed by atoms with E-state index in [9.17, 15) is 13.6 Å². The highest BCUT2D eigenvalue weighted by Gasteiger charge is 2.23. The van der Waals surface area contributed by atoms with Crippen molar-refractivity contribution in [2.24, 2.45) is 5.73 Å². The van der Waals surface area contributed by atoms with Crippen LogP contribution in [0.3, 0.4) is 0 Å². The van der Waals surface area contributed by atoms with Crippen molar-refractivity contribution in [2.75, 3.05) is 5.32 Å². The van der Waals surface area contributed by atoms with E-state index in [4.69, 9.17) is 5.73 Å². The highest BCUT2D eigenvalue weighted by molar-refractivity contribution is 9.10. The summed E-state index contributed by atoms with van der Waals surface area (Å²) in [4.78, 5) is 11.3. The zero-order chi connectivity index (χ0) is 15.1. The molecule has 2 aromatic rings. The van der Waals surface area contributed by atoms with Gasteiger partial charge in [-0.15, -0.1) is 0 Å². The molecule has 0 aromatic heterocycles. The number of rotatable bonds is 2. The van der Waals surface area contributed by atoms with E-state index in [0.29, 0.717) is 15.7 Å². The van der Waals surface area contributed by atoms with Gasteiger partial charge in [-0.2, -0.15) is 0 Å². The number of fused-ring (bicyclic) bond motifs is 1. The zero-order valence-corrected chi connectivity index (χ0v) is 12.4. The molecule has 1 heterocycles. The molecule has 0 saturated carbocycles. The Morgan fingerprint density at radius 1 is 1.19 bits per heavy atom. The lowest BCUT2D eigenvalue weighted by Gasteiger charge is -2.15. The summed E-state index contributed by atoms with van der Waals surface area (Å²) < 4.78 is 28.3. The Kier molecular flexibility index (Phi) is 3.51. The van der Waals surface area contributed by atoms with Crippen LogP contribution in [0.15, 0.2) is 34.8 Å². The first kappa shape index (κ1) is 14.2. The van der Waals surface area contributed by atoms with Crippen LogP contribution in [-0.4, -0.2) is 5.91 Å². The summed E-state index contributed by atoms with van der Waals surface area (Å²) >= 11 is 3.03. The Hall–Kier alpha value is -1.79. The second kappa shape index (κ2) is 5.20. The number of carbonyl (C=O) groups is 1. The van der Waals surface area contributed by atoms with Crippen LogP contribution in [-0.2, 0) is 11.2 Å². The molecule has 0 radical (unpaired) electrons. The molecule has 1 aliphatic rings. The van der Waals surface area contributed by atoms with Crippen molar-refractivity contribution in [1.29, 1.82) is 0 Å². The molecular formula is C15H11BrF2N2O. The number of nitrogens with one attached hydrogen (secondary N) is 1. The molecule has 0 spiro atoms. The van der Waals surface area contributed by atoms with Crippen molar-refractivity contribution in [3.8, 4) is 0 Å². The smallest absolute Gasteiger partial charge is 0.228 e. The van der Waals surface area contributed by atoms with Crippen LogP contribution in [0, 0.1) is 11.6 Å². The van der Waals surface area contributed by atoms with Gasteiger partial charge in [-0.25, -0.2) is 8.78 Å². The molecule has 0 aliphatic carbocycles. The monoisotopic (exact) mass is 352 g/mol. The predicted molar refractivity (Wildman–Crippen MR) is 78.9 cm³/mol. The van der Waals surface area contributed by atoms with Gasteiger partial charge in [0.15, 0.2) is 0 Å². The fourth-order valence-electron chi connectivity index (χ4n) is 2.46. The van der Waals surface area contributed by atoms with Crippen LogP contribution in [0.2, 0.25) is 0 Å². The van der Waals surface area contributed by atoms with E-state index < -0.39 is 17.7 Å². The van der Waals surface area contributed by atoms with Crippen molar-refractivity contribution in [2.45, 2.75) is 12.5 Å². The van der Waals surface area contributed by atoms with Crippen molar-refractivity contribution >= 4 is 27.5 Å². The van der Waals surface area contributed by atoms with E-state index in [-0.39, 0.29) is 17.9 Å². The number of hydrogen-bond acceptors (Lipinski definition) is 2. The van der Waals surface area contributed by atoms with E-state index in [2.05, 4.69) is 21.2 Å². The van der Waals surface area contributed by atoms with Crippen LogP contribution in [0.5, 0.6) is 0 Å². The van der Waals surface area contributed by atoms with Crippen molar-refractivity contribution < 1.29 is 13.6 Å². The third-order valence-electron chi connectivity index (χ3n) is 3.47. The van der Waals surface area contributed by atoms with Gasteiger partial charge < -0.3 is 11.1 Å². The molecule has 0 fully saturated rings. The second-order valence-corrected chi connectivity index (χ2v) is 5.82. The van der Waals surface area contributed by atoms with Gasteiger partial charge in [0.1, 0.15) is 11.6 Å². The maximum atomic E-state index is 14.0. The standard InChI is InChI=1S/C15H11BrF2N2O/c16-9-5-10(17)14(11(18)6-9)15(19)7-1-2-12-8(3-7)4-13(21)20-12/h1-3,5-6,15H,4,19H2,(H,20,21). The average molecular weight is 353 g/mol. The van der Waals surface area contributed by atoms with Gasteiger partial charge in [0.25, 0.3) is 0 Å². The maximum absolute atomic E-state index is 14.0. The topological polar surface area (TPSA) is 55.1 Å². The van der Waals surface area contributed by atoms with Gasteiger partial charge in [0.2, 0.25) is 5.91 Å². The molecular weight excluding hydrogens is 342 g/mol. The van der Waals surface area contributed by atoms with Crippen molar-refractivity contribution in [3.63, 3.8) is 0 Å². The quantitative estimate of drug-likeness (QED) is 0.871. The molecule has 3 nitrogen and oxygen atoms in total. The first-order valence-electron chi connectivity index (χ1n) is 6.28. The number of hydrogen-bond donors (Lipinski definition) is 2. The lowest BCUT2D eigenvalue weighted by Crippen LogP contribution is -2.16. The average Bonchev–Trinajstić information content (AvgIpc) is 2.76. The van der Waals surface area contributed by atoms with Gasteiger partial charge >= 0.3 is 0 Å². The fourth-order valence-corrected chi connectivity index (χ4v) is 2.86. The van der Waals surface area contributed by atoms with Crippen LogP contribution in [0.1, 0.15) is 22.7 Å². The lowest BCUT2D eigenvalue weighted by molar-refractivity contribution is -0.115. The number of nitrogens with two attached hydrogens (primary N) is 1. The number of anilines is 1. The molecule has 1 amide bonds. The van der Waals surface area contributed by atoms with Crippen LogP contribution in [0.4, 0.5) is 14.5 Å². The number of carbonyl (C=O) groups excluding carboxylic acids is 1. The molecule has 0 saturated heterocycles. The molecule has 1 unspecified atom stereocenters.